The number of halogens is 9. The van der Waals surface area contributed by atoms with Gasteiger partial charge < -0.3 is 19.5 Å². The Morgan fingerprint density at radius 2 is 1.10 bits per heavy atom. The Morgan fingerprint density at radius 3 is 1.51 bits per heavy atom. The lowest BCUT2D eigenvalue weighted by Gasteiger charge is -2.23. The highest BCUT2D eigenvalue weighted by Crippen LogP contribution is 2.44. The second-order valence-electron chi connectivity index (χ2n) is 8.92. The van der Waals surface area contributed by atoms with Gasteiger partial charge in [-0.1, -0.05) is 32.4 Å². The van der Waals surface area contributed by atoms with E-state index in [0.717, 1.165) is 20.3 Å². The van der Waals surface area contributed by atoms with Crippen LogP contribution in [-0.4, -0.2) is 20.1 Å². The van der Waals surface area contributed by atoms with Crippen molar-refractivity contribution in [2.45, 2.75) is 26.2 Å². The molecule has 1 N–H and O–H groups in total. The number of nitrogens with one attached hydrogen (secondary N) is 1. The van der Waals surface area contributed by atoms with Gasteiger partial charge >= 0.3 is 0 Å². The number of carbonyl (C=O) groups excluding carboxylic acids is 1. The van der Waals surface area contributed by atoms with Gasteiger partial charge in [-0.05, 0) is 23.1 Å². The zero-order valence-corrected chi connectivity index (χ0v) is 21.4. The molecular formula is C25H18ClF8NO4. The first kappa shape index (κ1) is 29.8. The molecule has 1 amide bonds. The van der Waals surface area contributed by atoms with Gasteiger partial charge in [-0.2, -0.15) is 26.3 Å². The Kier molecular flexibility index (Phi) is 8.25. The number of hydrogen-bond acceptors (Lipinski definition) is 4. The quantitative estimate of drug-likeness (QED) is 0.238. The molecule has 0 atom stereocenters. The number of rotatable bonds is 6. The summed E-state index contributed by atoms with van der Waals surface area (Å²) in [6.07, 6.45) is 0. The third-order valence-corrected chi connectivity index (χ3v) is 5.68. The van der Waals surface area contributed by atoms with E-state index < -0.39 is 97.1 Å². The predicted molar refractivity (Wildman–Crippen MR) is 124 cm³/mol. The standard InChI is InChI=1S/C25H18ClF8NO4/c1-25(2,3)8-6-9(26)20(39-23-18(33)16(31)22(38-5)17(32)19(23)34)10(7-8)35-24(36)11-12(27)14(29)21(37-4)15(30)13(11)28/h6-7H,1-5H3,(H,35,36). The van der Waals surface area contributed by atoms with Gasteiger partial charge in [0.25, 0.3) is 5.91 Å². The summed E-state index contributed by atoms with van der Waals surface area (Å²) in [6, 6.07) is 2.31. The minimum atomic E-state index is -2.12. The minimum Gasteiger partial charge on any atom is -0.491 e. The molecule has 0 fully saturated rings. The summed E-state index contributed by atoms with van der Waals surface area (Å²) in [7, 11) is 1.48. The van der Waals surface area contributed by atoms with Gasteiger partial charge in [0, 0.05) is 0 Å². The van der Waals surface area contributed by atoms with E-state index in [0.29, 0.717) is 5.56 Å². The fourth-order valence-corrected chi connectivity index (χ4v) is 3.62. The van der Waals surface area contributed by atoms with Crippen molar-refractivity contribution >= 4 is 23.2 Å². The number of methoxy groups -OCH3 is 2. The monoisotopic (exact) mass is 583 g/mol. The van der Waals surface area contributed by atoms with Crippen molar-refractivity contribution in [1.29, 1.82) is 0 Å². The molecule has 39 heavy (non-hydrogen) atoms. The number of amides is 1. The van der Waals surface area contributed by atoms with Crippen molar-refractivity contribution in [3.63, 3.8) is 0 Å². The molecule has 0 spiro atoms. The molecule has 0 aromatic heterocycles. The van der Waals surface area contributed by atoms with Gasteiger partial charge in [0.1, 0.15) is 5.56 Å². The van der Waals surface area contributed by atoms with Crippen LogP contribution >= 0.6 is 11.6 Å². The van der Waals surface area contributed by atoms with E-state index in [-0.39, 0.29) is 0 Å². The maximum atomic E-state index is 14.6. The van der Waals surface area contributed by atoms with E-state index in [1.165, 1.54) is 6.07 Å². The first-order valence-corrected chi connectivity index (χ1v) is 11.1. The van der Waals surface area contributed by atoms with E-state index in [1.807, 2.05) is 5.32 Å². The maximum absolute atomic E-state index is 14.6. The van der Waals surface area contributed by atoms with Crippen LogP contribution in [0.25, 0.3) is 0 Å². The third-order valence-electron chi connectivity index (χ3n) is 5.40. The molecule has 3 aromatic carbocycles. The average molecular weight is 584 g/mol. The van der Waals surface area contributed by atoms with E-state index in [1.54, 1.807) is 20.8 Å². The molecule has 3 rings (SSSR count). The van der Waals surface area contributed by atoms with Crippen molar-refractivity contribution in [3.8, 4) is 23.0 Å². The first-order chi connectivity index (χ1) is 18.1. The molecule has 210 valence electrons. The van der Waals surface area contributed by atoms with Gasteiger partial charge in [0.2, 0.25) is 40.7 Å². The number of ether oxygens (including phenoxy) is 3. The molecule has 0 aliphatic carbocycles. The Labute approximate surface area is 221 Å². The predicted octanol–water partition coefficient (Wildman–Crippen LogP) is 7.81. The van der Waals surface area contributed by atoms with Crippen molar-refractivity contribution in [1.82, 2.24) is 0 Å². The number of benzene rings is 3. The van der Waals surface area contributed by atoms with E-state index in [2.05, 4.69) is 9.47 Å². The van der Waals surface area contributed by atoms with Crippen LogP contribution in [0.1, 0.15) is 36.7 Å². The van der Waals surface area contributed by atoms with Gasteiger partial charge in [-0.15, -0.1) is 0 Å². The Morgan fingerprint density at radius 1 is 0.692 bits per heavy atom. The second kappa shape index (κ2) is 10.8. The lowest BCUT2D eigenvalue weighted by molar-refractivity contribution is 0.101. The molecule has 0 radical (unpaired) electrons. The molecule has 0 heterocycles. The summed E-state index contributed by atoms with van der Waals surface area (Å²) in [4.78, 5) is 12.8. The van der Waals surface area contributed by atoms with E-state index in [4.69, 9.17) is 16.3 Å². The molecule has 0 saturated carbocycles. The summed E-state index contributed by atoms with van der Waals surface area (Å²) >= 11 is 6.20. The molecule has 0 aliphatic heterocycles. The van der Waals surface area contributed by atoms with Crippen molar-refractivity contribution in [3.05, 3.63) is 74.8 Å². The lowest BCUT2D eigenvalue weighted by Crippen LogP contribution is -2.20. The highest BCUT2D eigenvalue weighted by molar-refractivity contribution is 6.33. The minimum absolute atomic E-state index is 0.316. The van der Waals surface area contributed by atoms with Crippen LogP contribution in [0, 0.1) is 46.5 Å². The summed E-state index contributed by atoms with van der Waals surface area (Å²) in [5.74, 6) is -23.4. The molecule has 5 nitrogen and oxygen atoms in total. The average Bonchev–Trinajstić information content (AvgIpc) is 2.85. The molecule has 3 aromatic rings. The topological polar surface area (TPSA) is 56.8 Å². The van der Waals surface area contributed by atoms with Crippen LogP contribution < -0.4 is 19.5 Å². The van der Waals surface area contributed by atoms with Gasteiger partial charge in [-0.3, -0.25) is 4.79 Å². The smallest absolute Gasteiger partial charge is 0.261 e. The van der Waals surface area contributed by atoms with Gasteiger partial charge in [0.15, 0.2) is 28.9 Å². The Hall–Kier alpha value is -3.74. The summed E-state index contributed by atoms with van der Waals surface area (Å²) < 4.78 is 129. The summed E-state index contributed by atoms with van der Waals surface area (Å²) in [5, 5.41) is 1.42. The number of anilines is 1. The van der Waals surface area contributed by atoms with E-state index >= 15 is 0 Å². The van der Waals surface area contributed by atoms with Crippen LogP contribution in [0.4, 0.5) is 40.8 Å². The van der Waals surface area contributed by atoms with Gasteiger partial charge in [0.05, 0.1) is 24.9 Å². The maximum Gasteiger partial charge on any atom is 0.261 e. The van der Waals surface area contributed by atoms with Gasteiger partial charge in [-0.25, -0.2) is 8.78 Å². The highest BCUT2D eigenvalue weighted by atomic mass is 35.5. The van der Waals surface area contributed by atoms with Crippen LogP contribution in [0.2, 0.25) is 5.02 Å². The number of carbonyl (C=O) groups is 1. The molecular weight excluding hydrogens is 566 g/mol. The van der Waals surface area contributed by atoms with Crippen molar-refractivity contribution in [2.75, 3.05) is 19.5 Å². The third kappa shape index (κ3) is 5.27. The molecule has 0 saturated heterocycles. The zero-order chi connectivity index (χ0) is 29.6. The van der Waals surface area contributed by atoms with Crippen molar-refractivity contribution in [2.24, 2.45) is 0 Å². The molecule has 0 aliphatic rings. The summed E-state index contributed by atoms with van der Waals surface area (Å²) in [5.41, 5.74) is -2.78. The molecule has 0 unspecified atom stereocenters. The van der Waals surface area contributed by atoms with Crippen LogP contribution in [0.5, 0.6) is 23.0 Å². The zero-order valence-electron chi connectivity index (χ0n) is 20.7. The van der Waals surface area contributed by atoms with E-state index in [9.17, 15) is 39.9 Å². The van der Waals surface area contributed by atoms with Crippen LogP contribution in [-0.2, 0) is 5.41 Å². The molecule has 0 bridgehead atoms. The largest absolute Gasteiger partial charge is 0.491 e. The second-order valence-corrected chi connectivity index (χ2v) is 9.33. The fraction of sp³-hybridized carbons (Fsp3) is 0.240. The number of hydrogen-bond donors (Lipinski definition) is 1. The lowest BCUT2D eigenvalue weighted by atomic mass is 9.86. The van der Waals surface area contributed by atoms with Crippen LogP contribution in [0.15, 0.2) is 12.1 Å². The Bertz CT molecular complexity index is 1430. The normalized spacial score (nSPS) is 11.4. The fourth-order valence-electron chi connectivity index (χ4n) is 3.36. The summed E-state index contributed by atoms with van der Waals surface area (Å²) in [6.45, 7) is 5.02. The molecule has 14 heteroatoms. The SMILES string of the molecule is COc1c(F)c(F)c(Oc2c(Cl)cc(C(C)(C)C)cc2NC(=O)c2c(F)c(F)c(OC)c(F)c2F)c(F)c1F. The van der Waals surface area contributed by atoms with Crippen LogP contribution in [0.3, 0.4) is 0 Å². The first-order valence-electron chi connectivity index (χ1n) is 10.7. The van der Waals surface area contributed by atoms with Crippen molar-refractivity contribution < 1.29 is 54.1 Å². The highest BCUT2D eigenvalue weighted by Gasteiger charge is 2.33. The Balaban J connectivity index is 2.23.